The predicted octanol–water partition coefficient (Wildman–Crippen LogP) is 4.88. The molecule has 1 saturated heterocycles. The smallest absolute Gasteiger partial charge is 0.334 e. The van der Waals surface area contributed by atoms with E-state index in [9.17, 15) is 9.90 Å². The minimum absolute atomic E-state index is 0.00186. The van der Waals surface area contributed by atoms with Crippen molar-refractivity contribution < 1.29 is 19.1 Å². The van der Waals surface area contributed by atoms with Crippen molar-refractivity contribution in [2.75, 3.05) is 0 Å². The van der Waals surface area contributed by atoms with Gasteiger partial charge in [-0.1, -0.05) is 52.8 Å². The number of esters is 1. The summed E-state index contributed by atoms with van der Waals surface area (Å²) in [7, 11) is -1.33. The van der Waals surface area contributed by atoms with Crippen LogP contribution < -0.4 is 0 Å². The fraction of sp³-hybridized carbons (Fsp3) is 0.800. The molecule has 170 valence electrons. The molecule has 1 unspecified atom stereocenters. The van der Waals surface area contributed by atoms with E-state index in [4.69, 9.17) is 9.16 Å². The third-order valence-corrected chi connectivity index (χ3v) is 8.21. The van der Waals surface area contributed by atoms with Crippen molar-refractivity contribution in [3.8, 4) is 0 Å². The molecule has 4 nitrogen and oxygen atoms in total. The largest absolute Gasteiger partial charge is 0.460 e. The minimum Gasteiger partial charge on any atom is -0.460 e. The Morgan fingerprint density at radius 2 is 1.90 bits per heavy atom. The van der Waals surface area contributed by atoms with Crippen LogP contribution in [-0.2, 0) is 14.0 Å². The van der Waals surface area contributed by atoms with Crippen LogP contribution >= 0.6 is 0 Å². The van der Waals surface area contributed by atoms with E-state index in [-0.39, 0.29) is 35.4 Å². The summed E-state index contributed by atoms with van der Waals surface area (Å²) >= 11 is 0. The number of hydrogen-bond donors (Lipinski definition) is 1. The van der Waals surface area contributed by atoms with Crippen LogP contribution in [0.1, 0.15) is 60.3 Å². The number of allylic oxidation sites excluding steroid dienone is 3. The first-order chi connectivity index (χ1) is 14.0. The molecule has 8 atom stereocenters. The van der Waals surface area contributed by atoms with Crippen molar-refractivity contribution in [3.63, 3.8) is 0 Å². The van der Waals surface area contributed by atoms with Gasteiger partial charge in [-0.2, -0.15) is 0 Å². The zero-order valence-corrected chi connectivity index (χ0v) is 21.1. The molecule has 0 aromatic carbocycles. The van der Waals surface area contributed by atoms with E-state index in [0.29, 0.717) is 17.8 Å². The van der Waals surface area contributed by atoms with E-state index >= 15 is 0 Å². The molecular formula is C25H42O4Si. The minimum atomic E-state index is -1.33. The van der Waals surface area contributed by atoms with Gasteiger partial charge in [0.15, 0.2) is 9.04 Å². The van der Waals surface area contributed by atoms with Crippen molar-refractivity contribution in [1.82, 2.24) is 0 Å². The molecule has 0 aromatic heterocycles. The molecule has 0 aromatic rings. The second-order valence-corrected chi connectivity index (χ2v) is 13.7. The number of aliphatic hydroxyl groups excluding tert-OH is 1. The molecule has 3 aliphatic rings. The molecule has 3 rings (SSSR count). The number of ether oxygens (including phenoxy) is 1. The lowest BCUT2D eigenvalue weighted by Gasteiger charge is -2.44. The molecule has 1 fully saturated rings. The van der Waals surface area contributed by atoms with Crippen LogP contribution in [-0.4, -0.2) is 38.4 Å². The highest BCUT2D eigenvalue weighted by Gasteiger charge is 2.45. The summed E-state index contributed by atoms with van der Waals surface area (Å²) in [6.45, 7) is 15.3. The van der Waals surface area contributed by atoms with E-state index in [2.05, 4.69) is 65.9 Å². The van der Waals surface area contributed by atoms with Crippen LogP contribution in [0.15, 0.2) is 23.8 Å². The van der Waals surface area contributed by atoms with Gasteiger partial charge in [0.25, 0.3) is 0 Å². The molecule has 1 N–H and O–H groups in total. The molecule has 0 saturated carbocycles. The topological polar surface area (TPSA) is 55.8 Å². The van der Waals surface area contributed by atoms with Gasteiger partial charge in [-0.25, -0.2) is 4.79 Å². The third-order valence-electron chi connectivity index (χ3n) is 7.37. The summed E-state index contributed by atoms with van der Waals surface area (Å²) in [5, 5.41) is 10.8. The molecule has 0 radical (unpaired) electrons. The number of carbonyl (C=O) groups is 1. The maximum atomic E-state index is 12.8. The summed E-state index contributed by atoms with van der Waals surface area (Å²) in [6.07, 6.45) is 9.64. The Labute approximate surface area is 184 Å². The van der Waals surface area contributed by atoms with E-state index in [1.807, 2.05) is 0 Å². The van der Waals surface area contributed by atoms with Gasteiger partial charge in [0.2, 0.25) is 0 Å². The number of carbonyl (C=O) groups excluding carboxylic acids is 1. The third kappa shape index (κ3) is 5.28. The van der Waals surface area contributed by atoms with E-state index in [1.54, 1.807) is 0 Å². The Morgan fingerprint density at radius 3 is 2.53 bits per heavy atom. The van der Waals surface area contributed by atoms with Gasteiger partial charge in [-0.15, -0.1) is 0 Å². The SMILES string of the molecule is C[C@H]1C=C2C=C[C@H](C)[C@H](CC[C@@H]3C[C@H](C(C)(C)C)C(O[SiH](C)C)C(=O)O3)[C@H]2[C@@H](O)C1. The highest BCUT2D eigenvalue weighted by Crippen LogP contribution is 2.45. The number of fused-ring (bicyclic) bond motifs is 1. The number of hydrogen-bond acceptors (Lipinski definition) is 4. The van der Waals surface area contributed by atoms with E-state index in [1.165, 1.54) is 5.57 Å². The van der Waals surface area contributed by atoms with Crippen molar-refractivity contribution >= 4 is 15.0 Å². The van der Waals surface area contributed by atoms with Crippen molar-refractivity contribution in [1.29, 1.82) is 0 Å². The molecule has 30 heavy (non-hydrogen) atoms. The second kappa shape index (κ2) is 9.29. The molecule has 1 aliphatic heterocycles. The van der Waals surface area contributed by atoms with Crippen molar-refractivity contribution in [3.05, 3.63) is 23.8 Å². The van der Waals surface area contributed by atoms with Gasteiger partial charge in [-0.05, 0) is 67.5 Å². The molecule has 0 spiro atoms. The zero-order valence-electron chi connectivity index (χ0n) is 19.9. The molecule has 2 aliphatic carbocycles. The average molecular weight is 435 g/mol. The molecular weight excluding hydrogens is 392 g/mol. The van der Waals surface area contributed by atoms with E-state index in [0.717, 1.165) is 25.7 Å². The lowest BCUT2D eigenvalue weighted by Crippen LogP contribution is -2.50. The highest BCUT2D eigenvalue weighted by molar-refractivity contribution is 6.48. The van der Waals surface area contributed by atoms with Gasteiger partial charge >= 0.3 is 5.97 Å². The Bertz CT molecular complexity index is 677. The van der Waals surface area contributed by atoms with Crippen LogP contribution in [0, 0.1) is 35.0 Å². The van der Waals surface area contributed by atoms with Crippen LogP contribution in [0.4, 0.5) is 0 Å². The summed E-state index contributed by atoms with van der Waals surface area (Å²) in [6, 6.07) is 0. The molecule has 0 bridgehead atoms. The fourth-order valence-corrected chi connectivity index (χ4v) is 6.68. The molecule has 1 heterocycles. The monoisotopic (exact) mass is 434 g/mol. The van der Waals surface area contributed by atoms with E-state index < -0.39 is 15.1 Å². The highest BCUT2D eigenvalue weighted by atomic mass is 28.3. The summed E-state index contributed by atoms with van der Waals surface area (Å²) < 4.78 is 12.0. The van der Waals surface area contributed by atoms with Crippen LogP contribution in [0.2, 0.25) is 13.1 Å². The maximum absolute atomic E-state index is 12.8. The van der Waals surface area contributed by atoms with Gasteiger partial charge in [-0.3, -0.25) is 0 Å². The quantitative estimate of drug-likeness (QED) is 0.495. The first-order valence-corrected chi connectivity index (χ1v) is 14.7. The summed E-state index contributed by atoms with van der Waals surface area (Å²) in [4.78, 5) is 12.8. The maximum Gasteiger partial charge on any atom is 0.334 e. The van der Waals surface area contributed by atoms with Crippen LogP contribution in [0.3, 0.4) is 0 Å². The van der Waals surface area contributed by atoms with Crippen molar-refractivity contribution in [2.45, 2.75) is 91.7 Å². The van der Waals surface area contributed by atoms with Gasteiger partial charge in [0.1, 0.15) is 12.2 Å². The Morgan fingerprint density at radius 1 is 1.20 bits per heavy atom. The first kappa shape index (κ1) is 23.7. The van der Waals surface area contributed by atoms with Crippen LogP contribution in [0.5, 0.6) is 0 Å². The summed E-state index contributed by atoms with van der Waals surface area (Å²) in [5.41, 5.74) is 1.30. The number of rotatable bonds is 5. The van der Waals surface area contributed by atoms with Gasteiger partial charge < -0.3 is 14.3 Å². The Balaban J connectivity index is 1.70. The lowest BCUT2D eigenvalue weighted by atomic mass is 9.65. The lowest BCUT2D eigenvalue weighted by molar-refractivity contribution is -0.176. The van der Waals surface area contributed by atoms with Crippen LogP contribution in [0.25, 0.3) is 0 Å². The second-order valence-electron chi connectivity index (χ2n) is 11.3. The molecule has 5 heteroatoms. The number of cyclic esters (lactones) is 1. The van der Waals surface area contributed by atoms with Gasteiger partial charge in [0.05, 0.1) is 6.10 Å². The number of aliphatic hydroxyl groups is 1. The average Bonchev–Trinajstić information content (AvgIpc) is 2.61. The fourth-order valence-electron chi connectivity index (χ4n) is 5.79. The molecule has 0 amide bonds. The Hall–Kier alpha value is -0.913. The Kier molecular flexibility index (Phi) is 7.36. The van der Waals surface area contributed by atoms with Gasteiger partial charge in [0, 0.05) is 11.8 Å². The standard InChI is InChI=1S/C25H42O4Si/c1-15-12-17-9-8-16(2)19(22(17)21(26)13-15)11-10-18-14-20(25(3,4)5)23(24(27)28-18)29-30(6)7/h8-9,12,15-16,18-23,26,30H,10-11,13-14H2,1-7H3/t15-,16-,18+,19-,20-,21-,22-,23?/m0/s1. The summed E-state index contributed by atoms with van der Waals surface area (Å²) in [5.74, 6) is 1.47. The first-order valence-electron chi connectivity index (χ1n) is 11.9. The normalized spacial score (nSPS) is 39.5. The zero-order chi connectivity index (χ0) is 22.2. The predicted molar refractivity (Wildman–Crippen MR) is 124 cm³/mol. The van der Waals surface area contributed by atoms with Crippen molar-refractivity contribution in [2.24, 2.45) is 35.0 Å².